The number of rotatable bonds is 4. The Bertz CT molecular complexity index is 548. The summed E-state index contributed by atoms with van der Waals surface area (Å²) in [7, 11) is 4.22. The molecule has 2 fully saturated rings. The second-order valence-electron chi connectivity index (χ2n) is 6.56. The van der Waals surface area contributed by atoms with Crippen molar-refractivity contribution in [3.8, 4) is 0 Å². The lowest BCUT2D eigenvalue weighted by Gasteiger charge is -2.26. The van der Waals surface area contributed by atoms with E-state index in [0.717, 1.165) is 39.0 Å². The number of amides is 1. The number of nitrogens with zero attached hydrogens (tertiary/aromatic N) is 3. The van der Waals surface area contributed by atoms with E-state index in [4.69, 9.17) is 11.6 Å². The SMILES string of the molecule is CN(C)CCN1CC[C@@H]2[C@H]1CCN2C(=O)c1cccc(Cl)c1. The molecule has 3 rings (SSSR count). The normalized spacial score (nSPS) is 25.0. The van der Waals surface area contributed by atoms with Crippen LogP contribution in [0.2, 0.25) is 5.02 Å². The summed E-state index contributed by atoms with van der Waals surface area (Å²) in [6, 6.07) is 8.19. The molecule has 120 valence electrons. The molecule has 1 amide bonds. The Morgan fingerprint density at radius 2 is 2.05 bits per heavy atom. The molecule has 2 aliphatic heterocycles. The lowest BCUT2D eigenvalue weighted by molar-refractivity contribution is 0.0732. The van der Waals surface area contributed by atoms with Gasteiger partial charge in [0.25, 0.3) is 5.91 Å². The maximum Gasteiger partial charge on any atom is 0.254 e. The molecule has 2 saturated heterocycles. The van der Waals surface area contributed by atoms with Crippen molar-refractivity contribution in [2.45, 2.75) is 24.9 Å². The van der Waals surface area contributed by atoms with Crippen LogP contribution in [-0.4, -0.2) is 73.0 Å². The largest absolute Gasteiger partial charge is 0.334 e. The van der Waals surface area contributed by atoms with E-state index in [1.807, 2.05) is 18.2 Å². The average molecular weight is 322 g/mol. The molecule has 0 aliphatic carbocycles. The van der Waals surface area contributed by atoms with Gasteiger partial charge < -0.3 is 9.80 Å². The molecule has 0 N–H and O–H groups in total. The van der Waals surface area contributed by atoms with Gasteiger partial charge in [0, 0.05) is 48.8 Å². The highest BCUT2D eigenvalue weighted by molar-refractivity contribution is 6.30. The summed E-state index contributed by atoms with van der Waals surface area (Å²) < 4.78 is 0. The summed E-state index contributed by atoms with van der Waals surface area (Å²) in [5.74, 6) is 0.129. The van der Waals surface area contributed by atoms with Crippen LogP contribution in [0.25, 0.3) is 0 Å². The number of fused-ring (bicyclic) bond motifs is 1. The third kappa shape index (κ3) is 3.14. The lowest BCUT2D eigenvalue weighted by Crippen LogP contribution is -2.41. The van der Waals surface area contributed by atoms with Crippen LogP contribution in [0.4, 0.5) is 0 Å². The van der Waals surface area contributed by atoms with E-state index in [1.165, 1.54) is 0 Å². The Kier molecular flexibility index (Phi) is 4.71. The zero-order valence-corrected chi connectivity index (χ0v) is 14.1. The van der Waals surface area contributed by atoms with Crippen LogP contribution in [0.1, 0.15) is 23.2 Å². The highest BCUT2D eigenvalue weighted by atomic mass is 35.5. The highest BCUT2D eigenvalue weighted by Gasteiger charge is 2.44. The van der Waals surface area contributed by atoms with E-state index in [2.05, 4.69) is 28.8 Å². The Morgan fingerprint density at radius 1 is 1.27 bits per heavy atom. The first kappa shape index (κ1) is 15.8. The maximum atomic E-state index is 12.8. The standard InChI is InChI=1S/C17H24ClN3O/c1-19(2)10-11-20-8-6-16-15(20)7-9-21(16)17(22)13-4-3-5-14(18)12-13/h3-5,12,15-16H,6-11H2,1-2H3/t15-,16-/m1/s1. The molecule has 5 heteroatoms. The first-order valence-electron chi connectivity index (χ1n) is 8.01. The molecule has 2 heterocycles. The molecule has 4 nitrogen and oxygen atoms in total. The smallest absolute Gasteiger partial charge is 0.254 e. The number of carbonyl (C=O) groups is 1. The zero-order chi connectivity index (χ0) is 15.7. The van der Waals surface area contributed by atoms with Crippen molar-refractivity contribution in [2.24, 2.45) is 0 Å². The van der Waals surface area contributed by atoms with Crippen molar-refractivity contribution < 1.29 is 4.79 Å². The van der Waals surface area contributed by atoms with Gasteiger partial charge in [-0.25, -0.2) is 0 Å². The molecule has 2 atom stereocenters. The Balaban J connectivity index is 1.67. The third-order valence-electron chi connectivity index (χ3n) is 4.86. The molecular formula is C17H24ClN3O. The van der Waals surface area contributed by atoms with Gasteiger partial charge in [-0.3, -0.25) is 9.69 Å². The van der Waals surface area contributed by atoms with Gasteiger partial charge in [-0.15, -0.1) is 0 Å². The van der Waals surface area contributed by atoms with Gasteiger partial charge in [0.15, 0.2) is 0 Å². The monoisotopic (exact) mass is 321 g/mol. The van der Waals surface area contributed by atoms with Crippen LogP contribution in [0, 0.1) is 0 Å². The topological polar surface area (TPSA) is 26.8 Å². The zero-order valence-electron chi connectivity index (χ0n) is 13.3. The van der Waals surface area contributed by atoms with Gasteiger partial charge in [-0.05, 0) is 45.1 Å². The van der Waals surface area contributed by atoms with E-state index in [-0.39, 0.29) is 5.91 Å². The first-order chi connectivity index (χ1) is 10.6. The molecule has 0 saturated carbocycles. The quantitative estimate of drug-likeness (QED) is 0.850. The minimum atomic E-state index is 0.129. The second kappa shape index (κ2) is 6.57. The van der Waals surface area contributed by atoms with Crippen molar-refractivity contribution in [1.82, 2.24) is 14.7 Å². The van der Waals surface area contributed by atoms with Gasteiger partial charge in [0.05, 0.1) is 0 Å². The number of likely N-dealkylation sites (N-methyl/N-ethyl adjacent to an activating group) is 1. The highest BCUT2D eigenvalue weighted by Crippen LogP contribution is 2.32. The summed E-state index contributed by atoms with van der Waals surface area (Å²) in [5.41, 5.74) is 0.708. The number of halogens is 1. The molecule has 2 aliphatic rings. The van der Waals surface area contributed by atoms with Crippen LogP contribution in [0.15, 0.2) is 24.3 Å². The Morgan fingerprint density at radius 3 is 2.77 bits per heavy atom. The molecule has 0 radical (unpaired) electrons. The van der Waals surface area contributed by atoms with E-state index in [1.54, 1.807) is 6.07 Å². The fraction of sp³-hybridized carbons (Fsp3) is 0.588. The number of benzene rings is 1. The van der Waals surface area contributed by atoms with E-state index >= 15 is 0 Å². The number of likely N-dealkylation sites (tertiary alicyclic amines) is 2. The van der Waals surface area contributed by atoms with Crippen molar-refractivity contribution in [2.75, 3.05) is 40.3 Å². The second-order valence-corrected chi connectivity index (χ2v) is 7.00. The third-order valence-corrected chi connectivity index (χ3v) is 5.09. The number of hydrogen-bond acceptors (Lipinski definition) is 3. The molecule has 0 aromatic heterocycles. The molecule has 0 unspecified atom stereocenters. The molecule has 0 spiro atoms. The number of carbonyl (C=O) groups excluding carboxylic acids is 1. The molecule has 22 heavy (non-hydrogen) atoms. The summed E-state index contributed by atoms with van der Waals surface area (Å²) in [5, 5.41) is 0.626. The molecule has 1 aromatic carbocycles. The van der Waals surface area contributed by atoms with Gasteiger partial charge in [0.1, 0.15) is 0 Å². The van der Waals surface area contributed by atoms with Gasteiger partial charge in [0.2, 0.25) is 0 Å². The molecule has 0 bridgehead atoms. The Labute approximate surface area is 137 Å². The van der Waals surface area contributed by atoms with Crippen LogP contribution in [0.5, 0.6) is 0 Å². The van der Waals surface area contributed by atoms with Crippen LogP contribution < -0.4 is 0 Å². The van der Waals surface area contributed by atoms with Crippen molar-refractivity contribution in [3.05, 3.63) is 34.9 Å². The van der Waals surface area contributed by atoms with Crippen molar-refractivity contribution >= 4 is 17.5 Å². The maximum absolute atomic E-state index is 12.8. The van der Waals surface area contributed by atoms with Crippen LogP contribution in [-0.2, 0) is 0 Å². The van der Waals surface area contributed by atoms with Gasteiger partial charge in [-0.1, -0.05) is 17.7 Å². The van der Waals surface area contributed by atoms with Crippen LogP contribution in [0.3, 0.4) is 0 Å². The van der Waals surface area contributed by atoms with E-state index in [9.17, 15) is 4.79 Å². The fourth-order valence-corrected chi connectivity index (χ4v) is 3.91. The summed E-state index contributed by atoms with van der Waals surface area (Å²) in [6.07, 6.45) is 2.18. The minimum Gasteiger partial charge on any atom is -0.334 e. The summed E-state index contributed by atoms with van der Waals surface area (Å²) in [4.78, 5) is 19.6. The average Bonchev–Trinajstić information content (AvgIpc) is 3.06. The summed E-state index contributed by atoms with van der Waals surface area (Å²) >= 11 is 6.02. The minimum absolute atomic E-state index is 0.129. The molecule has 1 aromatic rings. The summed E-state index contributed by atoms with van der Waals surface area (Å²) in [6.45, 7) is 4.13. The Hall–Kier alpha value is -1.10. The predicted molar refractivity (Wildman–Crippen MR) is 89.4 cm³/mol. The fourth-order valence-electron chi connectivity index (χ4n) is 3.72. The van der Waals surface area contributed by atoms with Crippen molar-refractivity contribution in [3.63, 3.8) is 0 Å². The van der Waals surface area contributed by atoms with Gasteiger partial charge >= 0.3 is 0 Å². The van der Waals surface area contributed by atoms with E-state index < -0.39 is 0 Å². The first-order valence-corrected chi connectivity index (χ1v) is 8.39. The molecular weight excluding hydrogens is 298 g/mol. The van der Waals surface area contributed by atoms with Crippen LogP contribution >= 0.6 is 11.6 Å². The van der Waals surface area contributed by atoms with Crippen molar-refractivity contribution in [1.29, 1.82) is 0 Å². The predicted octanol–water partition coefficient (Wildman–Crippen LogP) is 2.19. The van der Waals surface area contributed by atoms with E-state index in [0.29, 0.717) is 22.7 Å². The number of hydrogen-bond donors (Lipinski definition) is 0. The lowest BCUT2D eigenvalue weighted by atomic mass is 10.1. The van der Waals surface area contributed by atoms with Gasteiger partial charge in [-0.2, -0.15) is 0 Å².